The van der Waals surface area contributed by atoms with Crippen LogP contribution >= 0.6 is 0 Å². The Morgan fingerprint density at radius 3 is 2.50 bits per heavy atom. The molecule has 182 valence electrons. The smallest absolute Gasteiger partial charge is 0.252 e. The van der Waals surface area contributed by atoms with Crippen molar-refractivity contribution >= 4 is 17.7 Å². The number of rotatable bonds is 5. The highest BCUT2D eigenvalue weighted by Gasteiger charge is 2.24. The lowest BCUT2D eigenvalue weighted by Crippen LogP contribution is -2.47. The van der Waals surface area contributed by atoms with Crippen LogP contribution in [0.2, 0.25) is 0 Å². The van der Waals surface area contributed by atoms with Crippen molar-refractivity contribution in [2.45, 2.75) is 25.7 Å². The Labute approximate surface area is 201 Å². The average Bonchev–Trinajstić information content (AvgIpc) is 3.11. The second kappa shape index (κ2) is 10.7. The Morgan fingerprint density at radius 1 is 1.00 bits per heavy atom. The second-order valence-corrected chi connectivity index (χ2v) is 9.46. The summed E-state index contributed by atoms with van der Waals surface area (Å²) in [7, 11) is 1.63. The lowest BCUT2D eigenvalue weighted by molar-refractivity contribution is 0.0530. The first-order chi connectivity index (χ1) is 16.7. The lowest BCUT2D eigenvalue weighted by Gasteiger charge is -2.35. The van der Waals surface area contributed by atoms with Gasteiger partial charge in [-0.1, -0.05) is 0 Å². The summed E-state index contributed by atoms with van der Waals surface area (Å²) in [5, 5.41) is 2.63. The Morgan fingerprint density at radius 2 is 1.76 bits per heavy atom. The SMILES string of the molecule is CNC(=O)c1ccc(N2CCN(c3ncc4c(n3)CCN(CC3CCOCC3)CC4)CC2)nc1. The molecule has 0 aliphatic carbocycles. The van der Waals surface area contributed by atoms with Crippen molar-refractivity contribution < 1.29 is 9.53 Å². The molecule has 0 spiro atoms. The first-order valence-corrected chi connectivity index (χ1v) is 12.5. The van der Waals surface area contributed by atoms with Crippen LogP contribution in [0, 0.1) is 5.92 Å². The van der Waals surface area contributed by atoms with E-state index in [1.54, 1.807) is 13.2 Å². The maximum Gasteiger partial charge on any atom is 0.252 e. The van der Waals surface area contributed by atoms with Crippen LogP contribution < -0.4 is 15.1 Å². The van der Waals surface area contributed by atoms with Gasteiger partial charge in [-0.25, -0.2) is 15.0 Å². The van der Waals surface area contributed by atoms with Crippen molar-refractivity contribution in [2.75, 3.05) is 75.9 Å². The number of nitrogens with one attached hydrogen (secondary N) is 1. The highest BCUT2D eigenvalue weighted by molar-refractivity contribution is 5.93. The number of nitrogens with zero attached hydrogens (tertiary/aromatic N) is 6. The van der Waals surface area contributed by atoms with E-state index in [9.17, 15) is 4.79 Å². The molecule has 34 heavy (non-hydrogen) atoms. The molecule has 2 aromatic rings. The lowest BCUT2D eigenvalue weighted by atomic mass is 9.99. The van der Waals surface area contributed by atoms with E-state index in [1.807, 2.05) is 12.1 Å². The molecule has 1 N–H and O–H groups in total. The minimum atomic E-state index is -0.115. The molecule has 5 heterocycles. The molecular weight excluding hydrogens is 430 g/mol. The van der Waals surface area contributed by atoms with Crippen LogP contribution in [-0.4, -0.2) is 91.8 Å². The van der Waals surface area contributed by atoms with Gasteiger partial charge in [-0.15, -0.1) is 0 Å². The van der Waals surface area contributed by atoms with E-state index >= 15 is 0 Å². The fourth-order valence-electron chi connectivity index (χ4n) is 5.13. The zero-order chi connectivity index (χ0) is 23.3. The van der Waals surface area contributed by atoms with E-state index in [4.69, 9.17) is 14.7 Å². The van der Waals surface area contributed by atoms with Gasteiger partial charge in [0.2, 0.25) is 5.95 Å². The van der Waals surface area contributed by atoms with Crippen molar-refractivity contribution in [3.8, 4) is 0 Å². The summed E-state index contributed by atoms with van der Waals surface area (Å²) >= 11 is 0. The molecule has 0 radical (unpaired) electrons. The van der Waals surface area contributed by atoms with Gasteiger partial charge in [-0.2, -0.15) is 0 Å². The number of anilines is 2. The van der Waals surface area contributed by atoms with Gasteiger partial charge < -0.3 is 24.8 Å². The van der Waals surface area contributed by atoms with E-state index < -0.39 is 0 Å². The molecule has 1 amide bonds. The molecule has 3 aliphatic heterocycles. The maximum atomic E-state index is 11.7. The minimum Gasteiger partial charge on any atom is -0.381 e. The molecule has 2 aromatic heterocycles. The molecule has 5 rings (SSSR count). The zero-order valence-electron chi connectivity index (χ0n) is 20.1. The van der Waals surface area contributed by atoms with Crippen LogP contribution in [0.25, 0.3) is 0 Å². The first-order valence-electron chi connectivity index (χ1n) is 12.5. The molecule has 2 fully saturated rings. The number of hydrogen-bond donors (Lipinski definition) is 1. The summed E-state index contributed by atoms with van der Waals surface area (Å²) in [6.07, 6.45) is 8.10. The van der Waals surface area contributed by atoms with Crippen LogP contribution in [0.4, 0.5) is 11.8 Å². The number of piperazine rings is 1. The monoisotopic (exact) mass is 465 g/mol. The highest BCUT2D eigenvalue weighted by atomic mass is 16.5. The Hall–Kier alpha value is -2.78. The number of hydrogen-bond acceptors (Lipinski definition) is 8. The topological polar surface area (TPSA) is 86.7 Å². The molecule has 0 saturated carbocycles. The number of ether oxygens (including phenoxy) is 1. The Kier molecular flexibility index (Phi) is 7.20. The molecule has 0 bridgehead atoms. The fourth-order valence-corrected chi connectivity index (χ4v) is 5.13. The van der Waals surface area contributed by atoms with E-state index in [-0.39, 0.29) is 5.91 Å². The molecule has 9 nitrogen and oxygen atoms in total. The van der Waals surface area contributed by atoms with Gasteiger partial charge in [0, 0.05) is 84.9 Å². The fraction of sp³-hybridized carbons (Fsp3) is 0.600. The number of amides is 1. The summed E-state index contributed by atoms with van der Waals surface area (Å²) in [6.45, 7) is 8.59. The summed E-state index contributed by atoms with van der Waals surface area (Å²) in [5.41, 5.74) is 3.10. The van der Waals surface area contributed by atoms with Crippen LogP contribution in [0.1, 0.15) is 34.5 Å². The molecule has 0 atom stereocenters. The first kappa shape index (κ1) is 23.0. The van der Waals surface area contributed by atoms with Gasteiger partial charge in [0.25, 0.3) is 5.91 Å². The highest BCUT2D eigenvalue weighted by Crippen LogP contribution is 2.22. The third kappa shape index (κ3) is 5.31. The van der Waals surface area contributed by atoms with Crippen molar-refractivity contribution in [1.29, 1.82) is 0 Å². The predicted molar refractivity (Wildman–Crippen MR) is 131 cm³/mol. The summed E-state index contributed by atoms with van der Waals surface area (Å²) in [4.78, 5) is 33.1. The van der Waals surface area contributed by atoms with Gasteiger partial charge in [0.05, 0.1) is 11.3 Å². The number of pyridine rings is 1. The van der Waals surface area contributed by atoms with Crippen molar-refractivity contribution in [1.82, 2.24) is 25.2 Å². The van der Waals surface area contributed by atoms with Crippen LogP contribution in [0.3, 0.4) is 0 Å². The Bertz CT molecular complexity index is 970. The zero-order valence-corrected chi connectivity index (χ0v) is 20.1. The maximum absolute atomic E-state index is 11.7. The Balaban J connectivity index is 1.16. The molecule has 9 heteroatoms. The number of carbonyl (C=O) groups is 1. The number of carbonyl (C=O) groups excluding carboxylic acids is 1. The summed E-state index contributed by atoms with van der Waals surface area (Å²) in [5.74, 6) is 2.40. The average molecular weight is 466 g/mol. The summed E-state index contributed by atoms with van der Waals surface area (Å²) < 4.78 is 5.52. The summed E-state index contributed by atoms with van der Waals surface area (Å²) in [6, 6.07) is 3.75. The van der Waals surface area contributed by atoms with Crippen molar-refractivity contribution in [2.24, 2.45) is 5.92 Å². The third-order valence-corrected chi connectivity index (χ3v) is 7.28. The largest absolute Gasteiger partial charge is 0.381 e. The van der Waals surface area contributed by atoms with Crippen LogP contribution in [-0.2, 0) is 17.6 Å². The van der Waals surface area contributed by atoms with Gasteiger partial charge in [-0.3, -0.25) is 4.79 Å². The quantitative estimate of drug-likeness (QED) is 0.709. The van der Waals surface area contributed by atoms with E-state index in [1.165, 1.54) is 30.6 Å². The van der Waals surface area contributed by atoms with Gasteiger partial charge >= 0.3 is 0 Å². The normalized spacial score (nSPS) is 20.0. The van der Waals surface area contributed by atoms with E-state index in [0.29, 0.717) is 5.56 Å². The standard InChI is InChI=1S/C25H35N7O2/c1-26-24(33)21-2-3-23(27-17-21)31-10-12-32(13-11-31)25-28-16-20-4-8-30(9-5-22(20)29-25)18-19-6-14-34-15-7-19/h2-3,16-17,19H,4-15,18H2,1H3,(H,26,33). The molecule has 0 aromatic carbocycles. The van der Waals surface area contributed by atoms with E-state index in [2.05, 4.69) is 31.2 Å². The molecule has 2 saturated heterocycles. The molecular formula is C25H35N7O2. The second-order valence-electron chi connectivity index (χ2n) is 9.46. The third-order valence-electron chi connectivity index (χ3n) is 7.28. The van der Waals surface area contributed by atoms with Crippen LogP contribution in [0.15, 0.2) is 24.5 Å². The van der Waals surface area contributed by atoms with Gasteiger partial charge in [-0.05, 0) is 42.9 Å². The van der Waals surface area contributed by atoms with Crippen molar-refractivity contribution in [3.05, 3.63) is 41.3 Å². The molecule has 0 unspecified atom stereocenters. The number of aromatic nitrogens is 3. The predicted octanol–water partition coefficient (Wildman–Crippen LogP) is 1.39. The number of fused-ring (bicyclic) bond motifs is 1. The van der Waals surface area contributed by atoms with E-state index in [0.717, 1.165) is 83.0 Å². The van der Waals surface area contributed by atoms with Gasteiger partial charge in [0.15, 0.2) is 0 Å². The minimum absolute atomic E-state index is 0.115. The van der Waals surface area contributed by atoms with Crippen LogP contribution in [0.5, 0.6) is 0 Å². The van der Waals surface area contributed by atoms with Crippen molar-refractivity contribution in [3.63, 3.8) is 0 Å². The molecule has 3 aliphatic rings. The van der Waals surface area contributed by atoms with Gasteiger partial charge in [0.1, 0.15) is 5.82 Å².